The van der Waals surface area contributed by atoms with Gasteiger partial charge in [0.05, 0.1) is 23.6 Å². The number of halogens is 2. The molecular formula is C23H31BCl2N2O6. The van der Waals surface area contributed by atoms with E-state index in [1.807, 2.05) is 34.6 Å². The maximum absolute atomic E-state index is 12.6. The molecule has 34 heavy (non-hydrogen) atoms. The van der Waals surface area contributed by atoms with E-state index in [9.17, 15) is 19.2 Å². The summed E-state index contributed by atoms with van der Waals surface area (Å²) in [6.45, 7) is 9.24. The van der Waals surface area contributed by atoms with Gasteiger partial charge in [-0.3, -0.25) is 19.2 Å². The average molecular weight is 513 g/mol. The molecule has 2 atom stereocenters. The summed E-state index contributed by atoms with van der Waals surface area (Å²) in [7, 11) is -0.940. The Labute approximate surface area is 210 Å². The Kier molecular flexibility index (Phi) is 9.97. The Balaban J connectivity index is 1.96. The van der Waals surface area contributed by atoms with Gasteiger partial charge < -0.3 is 19.9 Å². The lowest BCUT2D eigenvalue weighted by atomic mass is 9.66. The average Bonchev–Trinajstić information content (AvgIpc) is 3.06. The largest absolute Gasteiger partial charge is 0.531 e. The van der Waals surface area contributed by atoms with Crippen molar-refractivity contribution in [3.8, 4) is 0 Å². The van der Waals surface area contributed by atoms with Gasteiger partial charge in [-0.15, -0.1) is 0 Å². The van der Waals surface area contributed by atoms with Crippen molar-refractivity contribution in [1.29, 1.82) is 0 Å². The van der Waals surface area contributed by atoms with Gasteiger partial charge in [-0.1, -0.05) is 37.0 Å². The summed E-state index contributed by atoms with van der Waals surface area (Å²) in [5, 5.41) is 5.91. The van der Waals surface area contributed by atoms with E-state index in [-0.39, 0.29) is 47.6 Å². The first-order valence-corrected chi connectivity index (χ1v) is 11.9. The Morgan fingerprint density at radius 1 is 1.18 bits per heavy atom. The first-order chi connectivity index (χ1) is 15.7. The fraction of sp³-hybridized carbons (Fsp3) is 0.565. The molecule has 2 amide bonds. The molecule has 0 radical (unpaired) electrons. The summed E-state index contributed by atoms with van der Waals surface area (Å²) in [6, 6.07) is 4.49. The van der Waals surface area contributed by atoms with E-state index < -0.39 is 36.5 Å². The summed E-state index contributed by atoms with van der Waals surface area (Å²) in [5.41, 5.74) is -0.268. The highest BCUT2D eigenvalue weighted by atomic mass is 35.5. The van der Waals surface area contributed by atoms with Crippen LogP contribution in [-0.4, -0.2) is 48.9 Å². The van der Waals surface area contributed by atoms with E-state index >= 15 is 0 Å². The molecule has 0 spiro atoms. The first-order valence-electron chi connectivity index (χ1n) is 11.2. The Morgan fingerprint density at radius 3 is 2.47 bits per heavy atom. The molecule has 0 aromatic heterocycles. The van der Waals surface area contributed by atoms with Crippen LogP contribution in [0.1, 0.15) is 64.2 Å². The molecule has 8 nitrogen and oxygen atoms in total. The normalized spacial score (nSPS) is 16.9. The van der Waals surface area contributed by atoms with Crippen LogP contribution in [0.3, 0.4) is 0 Å². The van der Waals surface area contributed by atoms with Gasteiger partial charge in [0.1, 0.15) is 6.10 Å². The molecule has 1 aliphatic heterocycles. The summed E-state index contributed by atoms with van der Waals surface area (Å²) < 4.78 is 11.1. The number of rotatable bonds is 10. The van der Waals surface area contributed by atoms with Gasteiger partial charge in [0, 0.05) is 22.8 Å². The van der Waals surface area contributed by atoms with E-state index in [1.54, 1.807) is 6.07 Å². The highest BCUT2D eigenvalue weighted by Gasteiger charge is 2.46. The zero-order chi connectivity index (χ0) is 25.6. The number of nitrogens with one attached hydrogen (secondary N) is 2. The second-order valence-corrected chi connectivity index (χ2v) is 10.7. The minimum atomic E-state index is -1.03. The fourth-order valence-corrected chi connectivity index (χ4v) is 3.99. The van der Waals surface area contributed by atoms with E-state index in [0.29, 0.717) is 11.4 Å². The topological polar surface area (TPSA) is 111 Å². The highest BCUT2D eigenvalue weighted by molar-refractivity contribution is 6.51. The highest BCUT2D eigenvalue weighted by Crippen LogP contribution is 2.31. The third kappa shape index (κ3) is 8.93. The molecule has 0 unspecified atom stereocenters. The zero-order valence-corrected chi connectivity index (χ0v) is 21.6. The lowest BCUT2D eigenvalue weighted by Crippen LogP contribution is -2.42. The van der Waals surface area contributed by atoms with Crippen molar-refractivity contribution in [2.75, 3.05) is 6.54 Å². The van der Waals surface area contributed by atoms with Gasteiger partial charge in [-0.05, 0) is 51.3 Å². The van der Waals surface area contributed by atoms with E-state index in [0.717, 1.165) is 0 Å². The standard InChI is InChI=1S/C23H31BCl2N2O6/c1-13(2)8-14(24-33-19(22(32)34-24)11-20(30)28-23(3,4)5)9-16(29)12-27-21(31)17-10-15(25)6-7-18(17)26/h6-7,10,13-14,19H,8-9,11-12H2,1-5H3,(H,27,31)(H,28,30)/t14-,19-/m1/s1. The molecule has 1 fully saturated rings. The Bertz CT molecular complexity index is 935. The molecule has 2 N–H and O–H groups in total. The number of ketones is 1. The lowest BCUT2D eigenvalue weighted by Gasteiger charge is -2.21. The smallest absolute Gasteiger partial charge is 0.507 e. The van der Waals surface area contributed by atoms with Crippen molar-refractivity contribution in [3.63, 3.8) is 0 Å². The van der Waals surface area contributed by atoms with Gasteiger partial charge in [-0.2, -0.15) is 0 Å². The Morgan fingerprint density at radius 2 is 1.85 bits per heavy atom. The predicted octanol–water partition coefficient (Wildman–Crippen LogP) is 3.83. The van der Waals surface area contributed by atoms with Crippen molar-refractivity contribution in [3.05, 3.63) is 33.8 Å². The number of hydrogen-bond donors (Lipinski definition) is 2. The van der Waals surface area contributed by atoms with Crippen molar-refractivity contribution < 1.29 is 28.5 Å². The summed E-state index contributed by atoms with van der Waals surface area (Å²) in [4.78, 5) is 49.5. The molecule has 11 heteroatoms. The number of carbonyl (C=O) groups excluding carboxylic acids is 4. The molecule has 1 saturated heterocycles. The molecular weight excluding hydrogens is 482 g/mol. The molecule has 1 aromatic rings. The van der Waals surface area contributed by atoms with Crippen molar-refractivity contribution in [2.24, 2.45) is 5.92 Å². The molecule has 2 rings (SSSR count). The zero-order valence-electron chi connectivity index (χ0n) is 20.1. The number of amides is 2. The predicted molar refractivity (Wildman–Crippen MR) is 131 cm³/mol. The van der Waals surface area contributed by atoms with Crippen LogP contribution in [0.4, 0.5) is 0 Å². The van der Waals surface area contributed by atoms with E-state index in [2.05, 4.69) is 10.6 Å². The molecule has 0 aliphatic carbocycles. The van der Waals surface area contributed by atoms with Crippen molar-refractivity contribution >= 4 is 53.9 Å². The number of Topliss-reactive ketones (excluding diaryl/α,β-unsaturated/α-hetero) is 1. The second-order valence-electron chi connectivity index (χ2n) is 9.87. The maximum Gasteiger partial charge on any atom is 0.531 e. The number of benzene rings is 1. The van der Waals surface area contributed by atoms with Gasteiger partial charge in [0.2, 0.25) is 5.91 Å². The van der Waals surface area contributed by atoms with Crippen LogP contribution >= 0.6 is 23.2 Å². The monoisotopic (exact) mass is 512 g/mol. The Hall–Kier alpha value is -2.10. The third-order valence-electron chi connectivity index (χ3n) is 4.95. The SMILES string of the molecule is CC(C)C[C@H](CC(=O)CNC(=O)c1cc(Cl)ccc1Cl)B1OC(=O)[C@@H](CC(=O)NC(C)(C)C)O1. The lowest BCUT2D eigenvalue weighted by molar-refractivity contribution is -0.139. The van der Waals surface area contributed by atoms with Gasteiger partial charge in [-0.25, -0.2) is 0 Å². The fourth-order valence-electron chi connectivity index (χ4n) is 3.62. The van der Waals surface area contributed by atoms with Crippen LogP contribution in [-0.2, 0) is 23.7 Å². The second kappa shape index (κ2) is 12.0. The molecule has 0 saturated carbocycles. The van der Waals surface area contributed by atoms with E-state index in [4.69, 9.17) is 32.5 Å². The third-order valence-corrected chi connectivity index (χ3v) is 5.51. The first kappa shape index (κ1) is 28.1. The van der Waals surface area contributed by atoms with Gasteiger partial charge >= 0.3 is 13.1 Å². The summed E-state index contributed by atoms with van der Waals surface area (Å²) >= 11 is 11.9. The van der Waals surface area contributed by atoms with Crippen LogP contribution in [0.2, 0.25) is 15.9 Å². The van der Waals surface area contributed by atoms with Crippen LogP contribution in [0.15, 0.2) is 18.2 Å². The summed E-state index contributed by atoms with van der Waals surface area (Å²) in [5.74, 6) is -1.95. The van der Waals surface area contributed by atoms with Gasteiger partial charge in [0.25, 0.3) is 5.91 Å². The maximum atomic E-state index is 12.6. The minimum Gasteiger partial charge on any atom is -0.507 e. The minimum absolute atomic E-state index is 0.0284. The van der Waals surface area contributed by atoms with Crippen molar-refractivity contribution in [1.82, 2.24) is 10.6 Å². The number of hydrogen-bond acceptors (Lipinski definition) is 6. The van der Waals surface area contributed by atoms with Crippen LogP contribution in [0.5, 0.6) is 0 Å². The van der Waals surface area contributed by atoms with Crippen LogP contribution < -0.4 is 10.6 Å². The van der Waals surface area contributed by atoms with Crippen LogP contribution in [0.25, 0.3) is 0 Å². The molecule has 1 aromatic carbocycles. The molecule has 1 aliphatic rings. The molecule has 186 valence electrons. The van der Waals surface area contributed by atoms with Gasteiger partial charge in [0.15, 0.2) is 5.78 Å². The molecule has 0 bridgehead atoms. The van der Waals surface area contributed by atoms with Crippen LogP contribution in [0, 0.1) is 5.92 Å². The summed E-state index contributed by atoms with van der Waals surface area (Å²) in [6.07, 6.45) is -0.605. The molecule has 1 heterocycles. The van der Waals surface area contributed by atoms with E-state index in [1.165, 1.54) is 12.1 Å². The quantitative estimate of drug-likeness (QED) is 0.461. The number of carbonyl (C=O) groups is 4. The van der Waals surface area contributed by atoms with Crippen molar-refractivity contribution in [2.45, 2.75) is 71.3 Å².